The van der Waals surface area contributed by atoms with Crippen LogP contribution in [0.3, 0.4) is 0 Å². The van der Waals surface area contributed by atoms with E-state index in [1.54, 1.807) is 0 Å². The zero-order chi connectivity index (χ0) is 13.7. The normalized spacial score (nSPS) is 16.8. The maximum atomic E-state index is 9.90. The molecule has 3 heteroatoms. The lowest BCUT2D eigenvalue weighted by atomic mass is 10.1. The van der Waals surface area contributed by atoms with E-state index in [0.717, 1.165) is 18.6 Å². The lowest BCUT2D eigenvalue weighted by Crippen LogP contribution is -2.36. The van der Waals surface area contributed by atoms with Crippen molar-refractivity contribution < 1.29 is 9.84 Å². The Morgan fingerprint density at radius 2 is 1.84 bits per heavy atom. The third kappa shape index (κ3) is 4.69. The molecule has 19 heavy (non-hydrogen) atoms. The topological polar surface area (TPSA) is 41.5 Å². The Labute approximate surface area is 115 Å². The third-order valence-corrected chi connectivity index (χ3v) is 3.29. The van der Waals surface area contributed by atoms with Crippen LogP contribution in [0.1, 0.15) is 24.0 Å². The van der Waals surface area contributed by atoms with Crippen LogP contribution in [-0.4, -0.2) is 30.4 Å². The Hall–Kier alpha value is -1.32. The van der Waals surface area contributed by atoms with Gasteiger partial charge in [0, 0.05) is 12.6 Å². The second-order valence-corrected chi connectivity index (χ2v) is 5.34. The zero-order valence-electron chi connectivity index (χ0n) is 11.7. The van der Waals surface area contributed by atoms with Crippen LogP contribution in [0.15, 0.2) is 30.4 Å². The number of aryl methyl sites for hydroxylation is 2. The first-order chi connectivity index (χ1) is 9.13. The van der Waals surface area contributed by atoms with Gasteiger partial charge in [0.2, 0.25) is 0 Å². The lowest BCUT2D eigenvalue weighted by Gasteiger charge is -2.17. The van der Waals surface area contributed by atoms with Gasteiger partial charge in [0.15, 0.2) is 0 Å². The van der Waals surface area contributed by atoms with E-state index >= 15 is 0 Å². The lowest BCUT2D eigenvalue weighted by molar-refractivity contribution is 0.104. The molecule has 1 atom stereocenters. The Bertz CT molecular complexity index is 414. The number of rotatable bonds is 6. The van der Waals surface area contributed by atoms with Crippen molar-refractivity contribution in [3.63, 3.8) is 0 Å². The molecule has 0 radical (unpaired) electrons. The molecule has 1 aromatic rings. The Morgan fingerprint density at radius 1 is 1.21 bits per heavy atom. The molecule has 0 fully saturated rings. The Morgan fingerprint density at radius 3 is 2.47 bits per heavy atom. The largest absolute Gasteiger partial charge is 0.491 e. The van der Waals surface area contributed by atoms with Gasteiger partial charge in [-0.3, -0.25) is 0 Å². The summed E-state index contributed by atoms with van der Waals surface area (Å²) < 4.78 is 5.64. The van der Waals surface area contributed by atoms with Crippen LogP contribution in [0.5, 0.6) is 5.75 Å². The molecule has 0 amide bonds. The van der Waals surface area contributed by atoms with Gasteiger partial charge in [-0.15, -0.1) is 0 Å². The van der Waals surface area contributed by atoms with E-state index < -0.39 is 6.10 Å². The second-order valence-electron chi connectivity index (χ2n) is 5.34. The maximum absolute atomic E-state index is 9.90. The quantitative estimate of drug-likeness (QED) is 0.772. The summed E-state index contributed by atoms with van der Waals surface area (Å²) in [7, 11) is 0. The van der Waals surface area contributed by atoms with Crippen molar-refractivity contribution in [2.45, 2.75) is 38.8 Å². The molecule has 0 aromatic heterocycles. The van der Waals surface area contributed by atoms with Gasteiger partial charge in [-0.05, 0) is 49.9 Å². The molecular weight excluding hydrogens is 238 g/mol. The van der Waals surface area contributed by atoms with Crippen molar-refractivity contribution in [3.8, 4) is 5.75 Å². The molecule has 0 bridgehead atoms. The Balaban J connectivity index is 1.71. The van der Waals surface area contributed by atoms with E-state index in [9.17, 15) is 5.11 Å². The summed E-state index contributed by atoms with van der Waals surface area (Å²) in [6.07, 6.45) is 6.00. The van der Waals surface area contributed by atoms with Gasteiger partial charge < -0.3 is 15.2 Å². The van der Waals surface area contributed by atoms with Crippen molar-refractivity contribution in [2.24, 2.45) is 0 Å². The van der Waals surface area contributed by atoms with Crippen molar-refractivity contribution in [1.29, 1.82) is 0 Å². The monoisotopic (exact) mass is 261 g/mol. The van der Waals surface area contributed by atoms with Crippen LogP contribution in [0, 0.1) is 13.8 Å². The number of nitrogens with one attached hydrogen (secondary N) is 1. The van der Waals surface area contributed by atoms with E-state index in [1.807, 2.05) is 26.0 Å². The van der Waals surface area contributed by atoms with Gasteiger partial charge in [-0.25, -0.2) is 0 Å². The summed E-state index contributed by atoms with van der Waals surface area (Å²) in [5.74, 6) is 0.832. The van der Waals surface area contributed by atoms with E-state index in [0.29, 0.717) is 19.2 Å². The van der Waals surface area contributed by atoms with Crippen molar-refractivity contribution in [1.82, 2.24) is 5.32 Å². The molecular formula is C16H23NO2. The molecule has 2 N–H and O–H groups in total. The Kier molecular flexibility index (Phi) is 5.00. The minimum Gasteiger partial charge on any atom is -0.491 e. The molecule has 1 aromatic carbocycles. The number of hydrogen-bond acceptors (Lipinski definition) is 3. The van der Waals surface area contributed by atoms with Crippen LogP contribution in [0.2, 0.25) is 0 Å². The van der Waals surface area contributed by atoms with Crippen LogP contribution >= 0.6 is 0 Å². The molecule has 0 saturated carbocycles. The molecule has 1 aliphatic carbocycles. The second kappa shape index (κ2) is 6.73. The third-order valence-electron chi connectivity index (χ3n) is 3.29. The minimum atomic E-state index is -0.471. The van der Waals surface area contributed by atoms with Gasteiger partial charge in [0.05, 0.1) is 0 Å². The highest BCUT2D eigenvalue weighted by molar-refractivity contribution is 5.32. The molecule has 0 spiro atoms. The van der Waals surface area contributed by atoms with E-state index in [2.05, 4.69) is 23.5 Å². The number of aliphatic hydroxyl groups excluding tert-OH is 1. The summed E-state index contributed by atoms with van der Waals surface area (Å²) in [6.45, 7) is 5.00. The summed E-state index contributed by atoms with van der Waals surface area (Å²) in [5, 5.41) is 13.2. The number of ether oxygens (including phenoxy) is 1. The average molecular weight is 261 g/mol. The van der Waals surface area contributed by atoms with Crippen LogP contribution in [-0.2, 0) is 0 Å². The summed E-state index contributed by atoms with van der Waals surface area (Å²) in [4.78, 5) is 0. The fraction of sp³-hybridized carbons (Fsp3) is 0.500. The molecule has 1 aliphatic rings. The first-order valence-electron chi connectivity index (χ1n) is 6.91. The van der Waals surface area contributed by atoms with Crippen LogP contribution in [0.4, 0.5) is 0 Å². The summed E-state index contributed by atoms with van der Waals surface area (Å²) >= 11 is 0. The predicted octanol–water partition coefficient (Wildman–Crippen LogP) is 2.35. The summed E-state index contributed by atoms with van der Waals surface area (Å²) in [6, 6.07) is 6.58. The molecule has 0 heterocycles. The number of benzene rings is 1. The molecule has 0 saturated heterocycles. The number of hydrogen-bond donors (Lipinski definition) is 2. The molecule has 0 aliphatic heterocycles. The van der Waals surface area contributed by atoms with Crippen molar-refractivity contribution in [2.75, 3.05) is 13.2 Å². The standard InChI is InChI=1S/C16H23NO2/c1-12-7-13(2)9-16(8-12)19-11-15(18)10-17-14-5-3-4-6-14/h3-4,7-9,14-15,17-18H,5-6,10-11H2,1-2H3. The number of aliphatic hydroxyl groups is 1. The van der Waals surface area contributed by atoms with Crippen LogP contribution in [0.25, 0.3) is 0 Å². The molecule has 1 unspecified atom stereocenters. The molecule has 2 rings (SSSR count). The summed E-state index contributed by atoms with van der Waals surface area (Å²) in [5.41, 5.74) is 2.36. The highest BCUT2D eigenvalue weighted by Crippen LogP contribution is 2.16. The minimum absolute atomic E-state index is 0.329. The van der Waals surface area contributed by atoms with Gasteiger partial charge in [0.25, 0.3) is 0 Å². The SMILES string of the molecule is Cc1cc(C)cc(OCC(O)CNC2CC=CC2)c1. The van der Waals surface area contributed by atoms with Crippen molar-refractivity contribution in [3.05, 3.63) is 41.5 Å². The highest BCUT2D eigenvalue weighted by atomic mass is 16.5. The molecule has 104 valence electrons. The zero-order valence-corrected chi connectivity index (χ0v) is 11.7. The van der Waals surface area contributed by atoms with Crippen LogP contribution < -0.4 is 10.1 Å². The van der Waals surface area contributed by atoms with E-state index in [4.69, 9.17) is 4.74 Å². The maximum Gasteiger partial charge on any atom is 0.119 e. The molecule has 3 nitrogen and oxygen atoms in total. The van der Waals surface area contributed by atoms with Gasteiger partial charge >= 0.3 is 0 Å². The fourth-order valence-electron chi connectivity index (χ4n) is 2.35. The fourth-order valence-corrected chi connectivity index (χ4v) is 2.35. The first-order valence-corrected chi connectivity index (χ1v) is 6.91. The van der Waals surface area contributed by atoms with Gasteiger partial charge in [-0.2, -0.15) is 0 Å². The first kappa shape index (κ1) is 14.1. The van der Waals surface area contributed by atoms with Gasteiger partial charge in [0.1, 0.15) is 18.5 Å². The smallest absolute Gasteiger partial charge is 0.119 e. The van der Waals surface area contributed by atoms with Crippen molar-refractivity contribution >= 4 is 0 Å². The predicted molar refractivity (Wildman–Crippen MR) is 77.6 cm³/mol. The van der Waals surface area contributed by atoms with E-state index in [1.165, 1.54) is 11.1 Å². The average Bonchev–Trinajstić information content (AvgIpc) is 2.86. The highest BCUT2D eigenvalue weighted by Gasteiger charge is 2.12. The van der Waals surface area contributed by atoms with Gasteiger partial charge in [-0.1, -0.05) is 18.2 Å². The van der Waals surface area contributed by atoms with E-state index in [-0.39, 0.29) is 0 Å².